The lowest BCUT2D eigenvalue weighted by molar-refractivity contribution is 0.322. The minimum Gasteiger partial charge on any atom is -0.493 e. The van der Waals surface area contributed by atoms with Gasteiger partial charge in [-0.25, -0.2) is 9.98 Å². The van der Waals surface area contributed by atoms with Crippen molar-refractivity contribution in [3.63, 3.8) is 0 Å². The van der Waals surface area contributed by atoms with Crippen LogP contribution < -0.4 is 24.4 Å². The van der Waals surface area contributed by atoms with Crippen LogP contribution in [0.25, 0.3) is 0 Å². The number of methoxy groups -OCH3 is 3. The Kier molecular flexibility index (Phi) is 7.59. The second-order valence-corrected chi connectivity index (χ2v) is 6.83. The number of hydrogen-bond acceptors (Lipinski definition) is 6. The van der Waals surface area contributed by atoms with Gasteiger partial charge in [-0.15, -0.1) is 0 Å². The number of ether oxygens (including phenoxy) is 3. The normalized spacial score (nSPS) is 14.5. The van der Waals surface area contributed by atoms with E-state index in [2.05, 4.69) is 33.1 Å². The number of aliphatic imine (C=N–C) groups is 1. The monoisotopic (exact) mass is 413 g/mol. The van der Waals surface area contributed by atoms with Crippen LogP contribution in [0.3, 0.4) is 0 Å². The van der Waals surface area contributed by atoms with Crippen LogP contribution in [0.1, 0.15) is 12.5 Å². The number of hydrogen-bond donors (Lipinski definition) is 1. The average molecular weight is 414 g/mol. The molecule has 1 aliphatic rings. The molecule has 0 spiro atoms. The number of pyridine rings is 1. The molecule has 1 N–H and O–H groups in total. The molecule has 30 heavy (non-hydrogen) atoms. The SMILES string of the molecule is CCNC(=NCc1ccc(OC)c(OC)c1OC)N1CCN(c2ccccn2)CC1. The minimum atomic E-state index is 0.478. The number of piperazine rings is 1. The van der Waals surface area contributed by atoms with Gasteiger partial charge in [0.1, 0.15) is 5.82 Å². The maximum absolute atomic E-state index is 5.59. The second-order valence-electron chi connectivity index (χ2n) is 6.83. The number of nitrogens with zero attached hydrogens (tertiary/aromatic N) is 4. The highest BCUT2D eigenvalue weighted by Gasteiger charge is 2.21. The van der Waals surface area contributed by atoms with Crippen LogP contribution in [-0.2, 0) is 6.54 Å². The van der Waals surface area contributed by atoms with Gasteiger partial charge in [0.05, 0.1) is 27.9 Å². The number of benzene rings is 1. The van der Waals surface area contributed by atoms with Crippen molar-refractivity contribution < 1.29 is 14.2 Å². The number of rotatable bonds is 7. The van der Waals surface area contributed by atoms with Crippen molar-refractivity contribution in [1.29, 1.82) is 0 Å². The molecule has 2 heterocycles. The maximum Gasteiger partial charge on any atom is 0.203 e. The largest absolute Gasteiger partial charge is 0.493 e. The van der Waals surface area contributed by atoms with E-state index < -0.39 is 0 Å². The van der Waals surface area contributed by atoms with Crippen LogP contribution in [0.15, 0.2) is 41.5 Å². The van der Waals surface area contributed by atoms with Gasteiger partial charge in [0.25, 0.3) is 0 Å². The first-order chi connectivity index (χ1) is 14.7. The summed E-state index contributed by atoms with van der Waals surface area (Å²) >= 11 is 0. The van der Waals surface area contributed by atoms with E-state index in [1.54, 1.807) is 21.3 Å². The van der Waals surface area contributed by atoms with Crippen molar-refractivity contribution in [1.82, 2.24) is 15.2 Å². The van der Waals surface area contributed by atoms with Gasteiger partial charge in [-0.1, -0.05) is 6.07 Å². The van der Waals surface area contributed by atoms with E-state index >= 15 is 0 Å². The highest BCUT2D eigenvalue weighted by atomic mass is 16.5. The molecule has 8 heteroatoms. The lowest BCUT2D eigenvalue weighted by Gasteiger charge is -2.37. The summed E-state index contributed by atoms with van der Waals surface area (Å²) in [6, 6.07) is 9.87. The van der Waals surface area contributed by atoms with Crippen molar-refractivity contribution in [2.45, 2.75) is 13.5 Å². The van der Waals surface area contributed by atoms with Gasteiger partial charge in [0.2, 0.25) is 5.75 Å². The molecular formula is C22H31N5O3. The van der Waals surface area contributed by atoms with E-state index in [1.165, 1.54) is 0 Å². The third-order valence-electron chi connectivity index (χ3n) is 5.07. The van der Waals surface area contributed by atoms with Gasteiger partial charge in [-0.3, -0.25) is 0 Å². The fourth-order valence-corrected chi connectivity index (χ4v) is 3.56. The standard InChI is InChI=1S/C22H31N5O3/c1-5-23-22(27-14-12-26(13-15-27)19-8-6-7-11-24-19)25-16-17-9-10-18(28-2)21(30-4)20(17)29-3/h6-11H,5,12-16H2,1-4H3,(H,23,25). The third-order valence-corrected chi connectivity index (χ3v) is 5.07. The number of guanidine groups is 1. The van der Waals surface area contributed by atoms with Crippen molar-refractivity contribution in [3.8, 4) is 17.2 Å². The molecule has 0 aliphatic carbocycles. The predicted molar refractivity (Wildman–Crippen MR) is 119 cm³/mol. The Bertz CT molecular complexity index is 836. The molecule has 0 saturated carbocycles. The lowest BCUT2D eigenvalue weighted by Crippen LogP contribution is -2.52. The summed E-state index contributed by atoms with van der Waals surface area (Å²) in [7, 11) is 4.86. The molecule has 1 aromatic carbocycles. The van der Waals surface area contributed by atoms with Gasteiger partial charge >= 0.3 is 0 Å². The van der Waals surface area contributed by atoms with Crippen LogP contribution >= 0.6 is 0 Å². The van der Waals surface area contributed by atoms with Gasteiger partial charge in [0, 0.05) is 44.5 Å². The average Bonchev–Trinajstić information content (AvgIpc) is 2.81. The van der Waals surface area contributed by atoms with Crippen LogP contribution in [0.2, 0.25) is 0 Å². The van der Waals surface area contributed by atoms with Crippen molar-refractivity contribution in [2.75, 3.05) is 59.0 Å². The smallest absolute Gasteiger partial charge is 0.203 e. The summed E-state index contributed by atoms with van der Waals surface area (Å²) in [5.74, 6) is 3.79. The van der Waals surface area contributed by atoms with Crippen molar-refractivity contribution >= 4 is 11.8 Å². The molecule has 162 valence electrons. The zero-order valence-electron chi connectivity index (χ0n) is 18.2. The van der Waals surface area contributed by atoms with E-state index in [-0.39, 0.29) is 0 Å². The molecule has 1 aromatic heterocycles. The second kappa shape index (κ2) is 10.6. The summed E-state index contributed by atoms with van der Waals surface area (Å²) in [6.45, 7) is 6.94. The Morgan fingerprint density at radius 2 is 1.77 bits per heavy atom. The Balaban J connectivity index is 1.73. The molecule has 8 nitrogen and oxygen atoms in total. The molecule has 0 radical (unpaired) electrons. The first-order valence-electron chi connectivity index (χ1n) is 10.2. The maximum atomic E-state index is 5.59. The molecule has 3 rings (SSSR count). The van der Waals surface area contributed by atoms with Crippen molar-refractivity contribution in [3.05, 3.63) is 42.1 Å². The van der Waals surface area contributed by atoms with Crippen LogP contribution in [-0.4, -0.2) is 69.9 Å². The van der Waals surface area contributed by atoms with E-state index in [1.807, 2.05) is 30.5 Å². The van der Waals surface area contributed by atoms with Crippen LogP contribution in [0.4, 0.5) is 5.82 Å². The van der Waals surface area contributed by atoms with Crippen molar-refractivity contribution in [2.24, 2.45) is 4.99 Å². The Morgan fingerprint density at radius 3 is 2.37 bits per heavy atom. The zero-order valence-corrected chi connectivity index (χ0v) is 18.2. The fraction of sp³-hybridized carbons (Fsp3) is 0.455. The van der Waals surface area contributed by atoms with E-state index in [9.17, 15) is 0 Å². The lowest BCUT2D eigenvalue weighted by atomic mass is 10.1. The highest BCUT2D eigenvalue weighted by Crippen LogP contribution is 2.40. The molecule has 0 atom stereocenters. The number of aromatic nitrogens is 1. The first kappa shape index (κ1) is 21.5. The van der Waals surface area contributed by atoms with Gasteiger partial charge in [-0.05, 0) is 31.2 Å². The molecular weight excluding hydrogens is 382 g/mol. The van der Waals surface area contributed by atoms with Gasteiger partial charge in [-0.2, -0.15) is 0 Å². The molecule has 1 aliphatic heterocycles. The topological polar surface area (TPSA) is 71.5 Å². The molecule has 1 fully saturated rings. The van der Waals surface area contributed by atoms with Crippen LogP contribution in [0, 0.1) is 0 Å². The van der Waals surface area contributed by atoms with Gasteiger partial charge in [0.15, 0.2) is 17.5 Å². The zero-order chi connectivity index (χ0) is 21.3. The van der Waals surface area contributed by atoms with Crippen LogP contribution in [0.5, 0.6) is 17.2 Å². The minimum absolute atomic E-state index is 0.478. The Labute approximate surface area is 178 Å². The summed E-state index contributed by atoms with van der Waals surface area (Å²) in [5, 5.41) is 3.41. The van der Waals surface area contributed by atoms with E-state index in [0.717, 1.165) is 50.1 Å². The first-order valence-corrected chi connectivity index (χ1v) is 10.2. The summed E-state index contributed by atoms with van der Waals surface area (Å²) in [6.07, 6.45) is 1.84. The fourth-order valence-electron chi connectivity index (χ4n) is 3.56. The predicted octanol–water partition coefficient (Wildman–Crippen LogP) is 2.40. The number of nitrogens with one attached hydrogen (secondary N) is 1. The summed E-state index contributed by atoms with van der Waals surface area (Å²) in [4.78, 5) is 13.9. The third kappa shape index (κ3) is 4.87. The summed E-state index contributed by atoms with van der Waals surface area (Å²) < 4.78 is 16.4. The highest BCUT2D eigenvalue weighted by molar-refractivity contribution is 5.80. The molecule has 0 bridgehead atoms. The quantitative estimate of drug-likeness (QED) is 0.552. The van der Waals surface area contributed by atoms with Gasteiger partial charge < -0.3 is 29.3 Å². The molecule has 0 unspecified atom stereocenters. The molecule has 0 amide bonds. The molecule has 1 saturated heterocycles. The number of anilines is 1. The molecule has 2 aromatic rings. The Hall–Kier alpha value is -3.16. The van der Waals surface area contributed by atoms with E-state index in [0.29, 0.717) is 23.8 Å². The summed E-state index contributed by atoms with van der Waals surface area (Å²) in [5.41, 5.74) is 0.942. The van der Waals surface area contributed by atoms with E-state index in [4.69, 9.17) is 19.2 Å². The Morgan fingerprint density at radius 1 is 1.00 bits per heavy atom.